The van der Waals surface area contributed by atoms with Crippen LogP contribution in [0.3, 0.4) is 0 Å². The zero-order chi connectivity index (χ0) is 26.3. The van der Waals surface area contributed by atoms with Gasteiger partial charge in [-0.05, 0) is 0 Å². The summed E-state index contributed by atoms with van der Waals surface area (Å²) in [6.07, 6.45) is 15.2. The molecule has 0 saturated carbocycles. The topological polar surface area (TPSA) is 0 Å². The van der Waals surface area contributed by atoms with Crippen LogP contribution < -0.4 is 35.3 Å². The van der Waals surface area contributed by atoms with Gasteiger partial charge in [0.15, 0.2) is 0 Å². The predicted molar refractivity (Wildman–Crippen MR) is 159 cm³/mol. The summed E-state index contributed by atoms with van der Waals surface area (Å²) in [4.78, 5) is 0. The van der Waals surface area contributed by atoms with E-state index in [2.05, 4.69) is 131 Å². The minimum absolute atomic E-state index is 0. The van der Waals surface area contributed by atoms with E-state index in [0.29, 0.717) is 0 Å². The molecule has 0 bridgehead atoms. The molecule has 0 spiro atoms. The van der Waals surface area contributed by atoms with E-state index >= 15 is 0 Å². The van der Waals surface area contributed by atoms with Gasteiger partial charge in [0.1, 0.15) is 0 Å². The maximum atomic E-state index is 2.51. The molecule has 1 unspecified atom stereocenters. The molecule has 3 aliphatic rings. The molecule has 0 nitrogen and oxygen atoms in total. The summed E-state index contributed by atoms with van der Waals surface area (Å²) in [5.74, 6) is 0. The molecule has 201 valence electrons. The Morgan fingerprint density at radius 3 is 2.10 bits per heavy atom. The fraction of sp³-hybridized carbons (Fsp3) is 0.216. The molecule has 0 saturated heterocycles. The van der Waals surface area contributed by atoms with Crippen LogP contribution in [0.2, 0.25) is 0 Å². The van der Waals surface area contributed by atoms with Gasteiger partial charge >= 0.3 is 240 Å². The second kappa shape index (κ2) is 12.7. The first-order valence-electron chi connectivity index (χ1n) is 14.0. The molecular weight excluding hydrogens is 607 g/mol. The molecule has 0 fully saturated rings. The fourth-order valence-corrected chi connectivity index (χ4v) is 10.2. The Balaban J connectivity index is 0.00000185. The third kappa shape index (κ3) is 5.34. The Labute approximate surface area is 262 Å². The molecular formula is C37H35Cl2Zr. The summed E-state index contributed by atoms with van der Waals surface area (Å²) in [5.41, 5.74) is 11.8. The van der Waals surface area contributed by atoms with Crippen LogP contribution in [0.25, 0.3) is 8.85 Å². The first-order chi connectivity index (χ1) is 18.5. The maximum Gasteiger partial charge on any atom is -1.00 e. The van der Waals surface area contributed by atoms with Crippen molar-refractivity contribution in [1.82, 2.24) is 0 Å². The van der Waals surface area contributed by atoms with E-state index in [0.717, 1.165) is 19.3 Å². The quantitative estimate of drug-likeness (QED) is 0.382. The van der Waals surface area contributed by atoms with Crippen LogP contribution in [0.1, 0.15) is 55.9 Å². The zero-order valence-electron chi connectivity index (χ0n) is 23.7. The standard InChI is InChI=1S/C24H25.C13H10.2ClH.Zr/c1-5-17-13-16(3)14-19-15-21-20(22(17)19)11-12-24(4,6-2)23(21)18-9-7-8-10-18;1-3-7-12(8-4-1)11-13-9-5-2-6-10-13;;;/h7-9,11-14H,5-6,10H2,1-4H3;1-10H;2*1H;/q;;;;+2/p-2. The maximum absolute atomic E-state index is 2.51. The van der Waals surface area contributed by atoms with Gasteiger partial charge in [-0.15, -0.1) is 0 Å². The third-order valence-electron chi connectivity index (χ3n) is 8.44. The molecule has 0 heterocycles. The Hall–Kier alpha value is -2.31. The minimum atomic E-state index is -1.24. The number of allylic oxidation sites excluding steroid dienone is 8. The van der Waals surface area contributed by atoms with E-state index in [4.69, 9.17) is 0 Å². The Morgan fingerprint density at radius 2 is 1.55 bits per heavy atom. The average molecular weight is 642 g/mol. The summed E-state index contributed by atoms with van der Waals surface area (Å²) < 4.78 is 3.22. The van der Waals surface area contributed by atoms with Gasteiger partial charge in [0.25, 0.3) is 0 Å². The van der Waals surface area contributed by atoms with Crippen LogP contribution in [0.15, 0.2) is 120 Å². The number of hydrogen-bond acceptors (Lipinski definition) is 0. The second-order valence-electron chi connectivity index (χ2n) is 10.9. The van der Waals surface area contributed by atoms with Gasteiger partial charge in [0.2, 0.25) is 0 Å². The summed E-state index contributed by atoms with van der Waals surface area (Å²) in [5, 5.41) is 3.01. The van der Waals surface area contributed by atoms with Crippen LogP contribution in [0, 0.1) is 12.3 Å². The Kier molecular flexibility index (Phi) is 9.72. The van der Waals surface area contributed by atoms with Gasteiger partial charge in [-0.3, -0.25) is 0 Å². The van der Waals surface area contributed by atoms with E-state index in [-0.39, 0.29) is 30.2 Å². The van der Waals surface area contributed by atoms with Crippen LogP contribution in [-0.4, -0.2) is 3.21 Å². The molecule has 3 aromatic carbocycles. The molecule has 0 amide bonds. The van der Waals surface area contributed by atoms with Crippen molar-refractivity contribution >= 4 is 12.1 Å². The molecule has 3 aliphatic carbocycles. The van der Waals surface area contributed by atoms with Crippen LogP contribution in [0.4, 0.5) is 0 Å². The summed E-state index contributed by atoms with van der Waals surface area (Å²) in [6.45, 7) is 9.40. The smallest absolute Gasteiger partial charge is 1.00 e. The van der Waals surface area contributed by atoms with Gasteiger partial charge in [0, 0.05) is 0 Å². The SMILES string of the molecule is CCc1cc(C)cc2c1=C1C=CC(C)(CC)C(C3=CC=CC3)=C1[C]=2[Zr+2]=[C](c1ccccc1)c1ccccc1.[Cl-].[Cl-]. The van der Waals surface area contributed by atoms with E-state index in [9.17, 15) is 0 Å². The van der Waals surface area contributed by atoms with E-state index in [1.165, 1.54) is 43.8 Å². The normalized spacial score (nSPS) is 18.4. The van der Waals surface area contributed by atoms with Crippen molar-refractivity contribution in [3.63, 3.8) is 0 Å². The van der Waals surface area contributed by atoms with Gasteiger partial charge in [-0.2, -0.15) is 0 Å². The fourth-order valence-electron chi connectivity index (χ4n) is 6.34. The molecule has 3 aromatic rings. The van der Waals surface area contributed by atoms with Crippen LogP contribution >= 0.6 is 0 Å². The molecule has 6 rings (SSSR count). The molecule has 0 aromatic heterocycles. The van der Waals surface area contributed by atoms with Crippen molar-refractivity contribution in [2.75, 3.05) is 0 Å². The number of fused-ring (bicyclic) bond motifs is 2. The first-order valence-corrected chi connectivity index (χ1v) is 16.4. The van der Waals surface area contributed by atoms with Crippen molar-refractivity contribution in [1.29, 1.82) is 0 Å². The molecule has 0 N–H and O–H groups in total. The molecule has 0 aliphatic heterocycles. The van der Waals surface area contributed by atoms with Gasteiger partial charge < -0.3 is 24.8 Å². The number of hydrogen-bond donors (Lipinski definition) is 0. The third-order valence-corrected chi connectivity index (χ3v) is 12.4. The van der Waals surface area contributed by atoms with Crippen molar-refractivity contribution in [3.05, 3.63) is 153 Å². The molecule has 3 heteroatoms. The van der Waals surface area contributed by atoms with E-state index < -0.39 is 22.8 Å². The Bertz CT molecular complexity index is 1660. The van der Waals surface area contributed by atoms with Crippen LogP contribution in [-0.2, 0) is 29.2 Å². The largest absolute Gasteiger partial charge is 1.00 e. The monoisotopic (exact) mass is 639 g/mol. The van der Waals surface area contributed by atoms with E-state index in [1.54, 1.807) is 17.6 Å². The first kappa shape index (κ1) is 30.6. The summed E-state index contributed by atoms with van der Waals surface area (Å²) in [7, 11) is 0. The number of benzene rings is 3. The zero-order valence-corrected chi connectivity index (χ0v) is 27.7. The summed E-state index contributed by atoms with van der Waals surface area (Å²) in [6, 6.07) is 27.2. The number of halogens is 2. The summed E-state index contributed by atoms with van der Waals surface area (Å²) >= 11 is -1.24. The van der Waals surface area contributed by atoms with Crippen molar-refractivity contribution in [3.8, 4) is 0 Å². The minimum Gasteiger partial charge on any atom is -1.00 e. The average Bonchev–Trinajstić information content (AvgIpc) is 3.59. The second-order valence-corrected chi connectivity index (χ2v) is 14.0. The van der Waals surface area contributed by atoms with Crippen molar-refractivity contribution in [2.45, 2.75) is 47.0 Å². The van der Waals surface area contributed by atoms with Gasteiger partial charge in [0.05, 0.1) is 0 Å². The molecule has 40 heavy (non-hydrogen) atoms. The predicted octanol–water partition coefficient (Wildman–Crippen LogP) is 1.36. The Morgan fingerprint density at radius 1 is 0.900 bits per heavy atom. The van der Waals surface area contributed by atoms with Gasteiger partial charge in [-0.25, -0.2) is 0 Å². The van der Waals surface area contributed by atoms with E-state index in [1.807, 2.05) is 0 Å². The van der Waals surface area contributed by atoms with Crippen molar-refractivity contribution < 1.29 is 47.6 Å². The van der Waals surface area contributed by atoms with Gasteiger partial charge in [-0.1, -0.05) is 0 Å². The number of aryl methyl sites for hydroxylation is 2. The molecule has 0 radical (unpaired) electrons. The van der Waals surface area contributed by atoms with Crippen LogP contribution in [0.5, 0.6) is 0 Å². The molecule has 1 atom stereocenters. The number of rotatable bonds is 6. The van der Waals surface area contributed by atoms with Crippen molar-refractivity contribution in [2.24, 2.45) is 5.41 Å².